The number of thiophene rings is 3. The first kappa shape index (κ1) is 22.8. The molecule has 0 fully saturated rings. The minimum atomic E-state index is 0.642. The number of nitrogens with zero attached hydrogens (tertiary/aromatic N) is 4. The summed E-state index contributed by atoms with van der Waals surface area (Å²) in [6.07, 6.45) is 3.08. The summed E-state index contributed by atoms with van der Waals surface area (Å²) in [5, 5.41) is 0. The largest absolute Gasteiger partial charge is 0.378 e. The molecule has 0 aliphatic heterocycles. The smallest absolute Gasteiger partial charge is 0.132 e. The predicted octanol–water partition coefficient (Wildman–Crippen LogP) is 8.69. The van der Waals surface area contributed by atoms with Crippen molar-refractivity contribution in [3.05, 3.63) is 59.6 Å². The first-order chi connectivity index (χ1) is 17.0. The Bertz CT molecular complexity index is 1600. The molecule has 6 aromatic rings. The number of hydrogen-bond donors (Lipinski definition) is 0. The minimum absolute atomic E-state index is 0.642. The van der Waals surface area contributed by atoms with E-state index in [1.165, 1.54) is 51.9 Å². The molecule has 0 spiro atoms. The summed E-state index contributed by atoms with van der Waals surface area (Å²) in [5.41, 5.74) is 6.34. The van der Waals surface area contributed by atoms with Crippen LogP contribution in [-0.2, 0) is 6.42 Å². The maximum Gasteiger partial charge on any atom is 0.132 e. The molecule has 0 aliphatic rings. The number of fused-ring (bicyclic) bond motifs is 2. The molecule has 0 unspecified atom stereocenters. The Balaban J connectivity index is 1.34. The summed E-state index contributed by atoms with van der Waals surface area (Å²) in [7, 11) is 4.14. The van der Waals surface area contributed by atoms with Crippen LogP contribution in [0.25, 0.3) is 51.9 Å². The monoisotopic (exact) mass is 532 g/mol. The standard InChI is InChI=1S/C27H24N4S4/c1-15(2)11-18-9-10-20(32-18)26-27-25(29-35-30-27)19(14-28-26)22-13-24-23(34-22)12-21(33-24)16-5-7-17(8-6-16)31(3)4/h5-10,12-15H,11H2,1-4H3. The molecule has 5 heterocycles. The highest BCUT2D eigenvalue weighted by Gasteiger charge is 2.18. The molecule has 0 N–H and O–H groups in total. The van der Waals surface area contributed by atoms with Gasteiger partial charge in [-0.1, -0.05) is 26.0 Å². The van der Waals surface area contributed by atoms with Gasteiger partial charge in [-0.2, -0.15) is 8.75 Å². The first-order valence-electron chi connectivity index (χ1n) is 11.5. The van der Waals surface area contributed by atoms with Gasteiger partial charge < -0.3 is 4.90 Å². The number of rotatable bonds is 6. The Morgan fingerprint density at radius 2 is 1.51 bits per heavy atom. The van der Waals surface area contributed by atoms with E-state index < -0.39 is 0 Å². The molecule has 1 aromatic carbocycles. The van der Waals surface area contributed by atoms with E-state index in [1.54, 1.807) is 11.3 Å². The number of hydrogen-bond acceptors (Lipinski definition) is 8. The van der Waals surface area contributed by atoms with Gasteiger partial charge in [0.25, 0.3) is 0 Å². The van der Waals surface area contributed by atoms with Crippen LogP contribution in [0.15, 0.2) is 54.7 Å². The van der Waals surface area contributed by atoms with Crippen molar-refractivity contribution in [1.82, 2.24) is 13.7 Å². The Kier molecular flexibility index (Phi) is 5.92. The van der Waals surface area contributed by atoms with Crippen LogP contribution in [0, 0.1) is 5.92 Å². The zero-order chi connectivity index (χ0) is 24.1. The summed E-state index contributed by atoms with van der Waals surface area (Å²) in [6.45, 7) is 4.51. The van der Waals surface area contributed by atoms with Gasteiger partial charge in [-0.25, -0.2) is 0 Å². The van der Waals surface area contributed by atoms with Gasteiger partial charge >= 0.3 is 0 Å². The van der Waals surface area contributed by atoms with E-state index in [-0.39, 0.29) is 0 Å². The van der Waals surface area contributed by atoms with Gasteiger partial charge in [0.05, 0.1) is 16.6 Å². The van der Waals surface area contributed by atoms with Crippen molar-refractivity contribution in [3.63, 3.8) is 0 Å². The fraction of sp³-hybridized carbons (Fsp3) is 0.222. The average molecular weight is 533 g/mol. The van der Waals surface area contributed by atoms with Crippen LogP contribution < -0.4 is 4.90 Å². The Morgan fingerprint density at radius 1 is 0.800 bits per heavy atom. The van der Waals surface area contributed by atoms with Crippen molar-refractivity contribution in [2.45, 2.75) is 20.3 Å². The van der Waals surface area contributed by atoms with Crippen molar-refractivity contribution < 1.29 is 0 Å². The third-order valence-electron chi connectivity index (χ3n) is 5.94. The molecule has 6 rings (SSSR count). The third kappa shape index (κ3) is 4.29. The molecule has 8 heteroatoms. The van der Waals surface area contributed by atoms with E-state index in [4.69, 9.17) is 4.98 Å². The topological polar surface area (TPSA) is 41.9 Å². The molecule has 0 atom stereocenters. The van der Waals surface area contributed by atoms with Crippen molar-refractivity contribution >= 4 is 71.9 Å². The lowest BCUT2D eigenvalue weighted by Gasteiger charge is -2.12. The second kappa shape index (κ2) is 9.09. The number of aromatic nitrogens is 3. The van der Waals surface area contributed by atoms with Gasteiger partial charge in [-0.3, -0.25) is 4.98 Å². The molecular formula is C27H24N4S4. The summed E-state index contributed by atoms with van der Waals surface area (Å²) in [5.74, 6) is 0.642. The van der Waals surface area contributed by atoms with Crippen molar-refractivity contribution in [1.29, 1.82) is 0 Å². The van der Waals surface area contributed by atoms with Gasteiger partial charge in [-0.05, 0) is 54.3 Å². The number of anilines is 1. The number of pyridine rings is 1. The summed E-state index contributed by atoms with van der Waals surface area (Å²) in [6, 6.07) is 17.7. The summed E-state index contributed by atoms with van der Waals surface area (Å²) < 4.78 is 11.9. The summed E-state index contributed by atoms with van der Waals surface area (Å²) >= 11 is 6.73. The van der Waals surface area contributed by atoms with Crippen molar-refractivity contribution in [2.24, 2.45) is 5.92 Å². The highest BCUT2D eigenvalue weighted by molar-refractivity contribution is 7.31. The van der Waals surface area contributed by atoms with Crippen LogP contribution in [0.2, 0.25) is 0 Å². The SMILES string of the molecule is CC(C)Cc1ccc(-c2ncc(-c3cc4sc(-c5ccc(N(C)C)cc5)cc4s3)c3nsnc23)s1. The van der Waals surface area contributed by atoms with Crippen molar-refractivity contribution in [3.8, 4) is 31.5 Å². The van der Waals surface area contributed by atoms with E-state index in [0.29, 0.717) is 5.92 Å². The maximum atomic E-state index is 4.88. The Morgan fingerprint density at radius 3 is 2.26 bits per heavy atom. The van der Waals surface area contributed by atoms with E-state index in [0.717, 1.165) is 28.7 Å². The highest BCUT2D eigenvalue weighted by Crippen LogP contribution is 2.44. The second-order valence-electron chi connectivity index (χ2n) is 9.24. The lowest BCUT2D eigenvalue weighted by molar-refractivity contribution is 0.654. The fourth-order valence-electron chi connectivity index (χ4n) is 4.18. The molecule has 35 heavy (non-hydrogen) atoms. The van der Waals surface area contributed by atoms with Gasteiger partial charge in [0, 0.05) is 55.6 Å². The molecule has 5 aromatic heterocycles. The predicted molar refractivity (Wildman–Crippen MR) is 156 cm³/mol. The van der Waals surface area contributed by atoms with Crippen LogP contribution in [0.5, 0.6) is 0 Å². The van der Waals surface area contributed by atoms with Crippen LogP contribution in [0.1, 0.15) is 18.7 Å². The lowest BCUT2D eigenvalue weighted by Crippen LogP contribution is -2.07. The molecule has 0 radical (unpaired) electrons. The molecule has 0 aliphatic carbocycles. The van der Waals surface area contributed by atoms with E-state index in [9.17, 15) is 0 Å². The van der Waals surface area contributed by atoms with E-state index >= 15 is 0 Å². The first-order valence-corrected chi connectivity index (χ1v) is 14.7. The molecule has 0 amide bonds. The quantitative estimate of drug-likeness (QED) is 0.215. The van der Waals surface area contributed by atoms with Crippen LogP contribution >= 0.6 is 45.7 Å². The highest BCUT2D eigenvalue weighted by atomic mass is 32.1. The fourth-order valence-corrected chi connectivity index (χ4v) is 8.38. The molecule has 0 saturated heterocycles. The third-order valence-corrected chi connectivity index (χ3v) is 9.95. The Labute approximate surface area is 220 Å². The molecule has 0 saturated carbocycles. The maximum absolute atomic E-state index is 4.88. The van der Waals surface area contributed by atoms with Crippen LogP contribution in [-0.4, -0.2) is 27.8 Å². The minimum Gasteiger partial charge on any atom is -0.378 e. The second-order valence-corrected chi connectivity index (χ2v) is 13.1. The van der Waals surface area contributed by atoms with Gasteiger partial charge in [0.1, 0.15) is 16.7 Å². The lowest BCUT2D eigenvalue weighted by atomic mass is 10.1. The molecule has 176 valence electrons. The summed E-state index contributed by atoms with van der Waals surface area (Å²) in [4.78, 5) is 12.1. The average Bonchev–Trinajstić information content (AvgIpc) is 3.61. The van der Waals surface area contributed by atoms with Crippen LogP contribution in [0.3, 0.4) is 0 Å². The zero-order valence-electron chi connectivity index (χ0n) is 19.9. The number of benzene rings is 1. The van der Waals surface area contributed by atoms with Gasteiger partial charge in [0.2, 0.25) is 0 Å². The van der Waals surface area contributed by atoms with Gasteiger partial charge in [-0.15, -0.1) is 34.0 Å². The molecular weight excluding hydrogens is 509 g/mol. The van der Waals surface area contributed by atoms with Crippen LogP contribution in [0.4, 0.5) is 5.69 Å². The zero-order valence-corrected chi connectivity index (χ0v) is 23.2. The Hall–Kier alpha value is -2.65. The van der Waals surface area contributed by atoms with Gasteiger partial charge in [0.15, 0.2) is 0 Å². The molecule has 0 bridgehead atoms. The van der Waals surface area contributed by atoms with E-state index in [2.05, 4.69) is 90.1 Å². The molecule has 4 nitrogen and oxygen atoms in total. The van der Waals surface area contributed by atoms with Crippen molar-refractivity contribution in [2.75, 3.05) is 19.0 Å². The normalized spacial score (nSPS) is 11.8. The van der Waals surface area contributed by atoms with E-state index in [1.807, 2.05) is 28.9 Å².